The highest BCUT2D eigenvalue weighted by Crippen LogP contribution is 2.01. The maximum Gasteiger partial charge on any atom is 0.225 e. The first kappa shape index (κ1) is 15.6. The van der Waals surface area contributed by atoms with Gasteiger partial charge in [0.2, 0.25) is 5.91 Å². The lowest BCUT2D eigenvalue weighted by Gasteiger charge is -2.25. The molecule has 5 nitrogen and oxygen atoms in total. The molecule has 1 rings (SSSR count). The standard InChI is InChI=1S/C10H20N2O3.ClH/c1-14-5-6-15-4-2-3-12-10(13)9-7-11-8-9;/h9,11H,2-8H2,1H3,(H,12,13);1H. The Bertz CT molecular complexity index is 189. The maximum absolute atomic E-state index is 11.3. The first-order valence-corrected chi connectivity index (χ1v) is 5.39. The fraction of sp³-hybridized carbons (Fsp3) is 0.900. The van der Waals surface area contributed by atoms with Crippen LogP contribution in [0.15, 0.2) is 0 Å². The monoisotopic (exact) mass is 252 g/mol. The summed E-state index contributed by atoms with van der Waals surface area (Å²) in [5.41, 5.74) is 0. The van der Waals surface area contributed by atoms with Gasteiger partial charge in [0.1, 0.15) is 0 Å². The maximum atomic E-state index is 11.3. The molecule has 0 saturated carbocycles. The molecule has 2 N–H and O–H groups in total. The summed E-state index contributed by atoms with van der Waals surface area (Å²) in [5, 5.41) is 5.95. The van der Waals surface area contributed by atoms with E-state index in [0.29, 0.717) is 26.4 Å². The van der Waals surface area contributed by atoms with E-state index in [-0.39, 0.29) is 24.2 Å². The largest absolute Gasteiger partial charge is 0.382 e. The average molecular weight is 253 g/mol. The average Bonchev–Trinajstić information content (AvgIpc) is 2.14. The number of halogens is 1. The van der Waals surface area contributed by atoms with Crippen LogP contribution in [0.25, 0.3) is 0 Å². The number of carbonyl (C=O) groups is 1. The summed E-state index contributed by atoms with van der Waals surface area (Å²) in [7, 11) is 1.65. The van der Waals surface area contributed by atoms with E-state index in [9.17, 15) is 4.79 Å². The van der Waals surface area contributed by atoms with Crippen LogP contribution in [0.1, 0.15) is 6.42 Å². The van der Waals surface area contributed by atoms with Gasteiger partial charge in [-0.3, -0.25) is 4.79 Å². The van der Waals surface area contributed by atoms with Gasteiger partial charge in [-0.2, -0.15) is 0 Å². The van der Waals surface area contributed by atoms with E-state index in [4.69, 9.17) is 9.47 Å². The number of nitrogens with one attached hydrogen (secondary N) is 2. The van der Waals surface area contributed by atoms with Gasteiger partial charge in [-0.1, -0.05) is 0 Å². The van der Waals surface area contributed by atoms with Gasteiger partial charge in [0.25, 0.3) is 0 Å². The molecule has 1 amide bonds. The minimum Gasteiger partial charge on any atom is -0.382 e. The summed E-state index contributed by atoms with van der Waals surface area (Å²) in [4.78, 5) is 11.3. The van der Waals surface area contributed by atoms with Crippen LogP contribution in [0.2, 0.25) is 0 Å². The van der Waals surface area contributed by atoms with Crippen molar-refractivity contribution >= 4 is 18.3 Å². The van der Waals surface area contributed by atoms with Crippen molar-refractivity contribution in [2.24, 2.45) is 5.92 Å². The number of carbonyl (C=O) groups excluding carboxylic acids is 1. The SMILES string of the molecule is COCCOCCCNC(=O)C1CNC1.Cl. The number of hydrogen-bond donors (Lipinski definition) is 2. The Kier molecular flexibility index (Phi) is 9.62. The van der Waals surface area contributed by atoms with Crippen molar-refractivity contribution in [3.63, 3.8) is 0 Å². The van der Waals surface area contributed by atoms with Crippen LogP contribution in [-0.4, -0.2) is 52.5 Å². The number of hydrogen-bond acceptors (Lipinski definition) is 4. The molecule has 0 aliphatic carbocycles. The van der Waals surface area contributed by atoms with Crippen LogP contribution in [0.3, 0.4) is 0 Å². The summed E-state index contributed by atoms with van der Waals surface area (Å²) in [6, 6.07) is 0. The Morgan fingerprint density at radius 1 is 1.38 bits per heavy atom. The molecule has 0 spiro atoms. The van der Waals surface area contributed by atoms with Crippen LogP contribution >= 0.6 is 12.4 Å². The molecule has 1 heterocycles. The number of methoxy groups -OCH3 is 1. The van der Waals surface area contributed by atoms with Crippen molar-refractivity contribution in [1.82, 2.24) is 10.6 Å². The molecule has 16 heavy (non-hydrogen) atoms. The van der Waals surface area contributed by atoms with Crippen molar-refractivity contribution in [1.29, 1.82) is 0 Å². The van der Waals surface area contributed by atoms with E-state index in [0.717, 1.165) is 19.5 Å². The van der Waals surface area contributed by atoms with E-state index in [1.165, 1.54) is 0 Å². The van der Waals surface area contributed by atoms with E-state index >= 15 is 0 Å². The Morgan fingerprint density at radius 3 is 2.69 bits per heavy atom. The second-order valence-electron chi connectivity index (χ2n) is 3.60. The zero-order chi connectivity index (χ0) is 10.9. The van der Waals surface area contributed by atoms with Crippen LogP contribution in [0, 0.1) is 5.92 Å². The summed E-state index contributed by atoms with van der Waals surface area (Å²) >= 11 is 0. The third-order valence-corrected chi connectivity index (χ3v) is 2.35. The highest BCUT2D eigenvalue weighted by molar-refractivity contribution is 5.85. The van der Waals surface area contributed by atoms with E-state index in [1.807, 2.05) is 0 Å². The second-order valence-corrected chi connectivity index (χ2v) is 3.60. The lowest BCUT2D eigenvalue weighted by Crippen LogP contribution is -2.50. The number of amides is 1. The van der Waals surface area contributed by atoms with E-state index in [2.05, 4.69) is 10.6 Å². The topological polar surface area (TPSA) is 59.6 Å². The first-order chi connectivity index (χ1) is 7.34. The third-order valence-electron chi connectivity index (χ3n) is 2.35. The smallest absolute Gasteiger partial charge is 0.225 e. The summed E-state index contributed by atoms with van der Waals surface area (Å²) in [6.07, 6.45) is 0.857. The van der Waals surface area contributed by atoms with E-state index < -0.39 is 0 Å². The van der Waals surface area contributed by atoms with Gasteiger partial charge < -0.3 is 20.1 Å². The highest BCUT2D eigenvalue weighted by Gasteiger charge is 2.23. The normalized spacial score (nSPS) is 15.1. The molecule has 1 aliphatic heterocycles. The van der Waals surface area contributed by atoms with Crippen molar-refractivity contribution in [3.05, 3.63) is 0 Å². The minimum atomic E-state index is 0. The summed E-state index contributed by atoms with van der Waals surface area (Å²) < 4.78 is 10.1. The Balaban J connectivity index is 0.00000225. The molecule has 0 unspecified atom stereocenters. The van der Waals surface area contributed by atoms with Gasteiger partial charge in [0.05, 0.1) is 19.1 Å². The fourth-order valence-corrected chi connectivity index (χ4v) is 1.25. The Hall–Kier alpha value is -0.360. The lowest BCUT2D eigenvalue weighted by molar-refractivity contribution is -0.126. The van der Waals surface area contributed by atoms with Crippen LogP contribution in [0.4, 0.5) is 0 Å². The van der Waals surface area contributed by atoms with Crippen molar-refractivity contribution in [2.75, 3.05) is 46.6 Å². The molecule has 0 radical (unpaired) electrons. The molecule has 1 fully saturated rings. The molecular formula is C10H21ClN2O3. The fourth-order valence-electron chi connectivity index (χ4n) is 1.25. The molecule has 0 bridgehead atoms. The van der Waals surface area contributed by atoms with Crippen LogP contribution in [-0.2, 0) is 14.3 Å². The summed E-state index contributed by atoms with van der Waals surface area (Å²) in [6.45, 7) is 4.25. The molecule has 0 atom stereocenters. The molecular weight excluding hydrogens is 232 g/mol. The zero-order valence-electron chi connectivity index (χ0n) is 9.66. The summed E-state index contributed by atoms with van der Waals surface area (Å²) in [5.74, 6) is 0.338. The first-order valence-electron chi connectivity index (χ1n) is 5.39. The Labute approximate surface area is 103 Å². The predicted octanol–water partition coefficient (Wildman–Crippen LogP) is -0.203. The predicted molar refractivity (Wildman–Crippen MR) is 63.9 cm³/mol. The molecule has 6 heteroatoms. The highest BCUT2D eigenvalue weighted by atomic mass is 35.5. The molecule has 1 saturated heterocycles. The molecule has 0 aromatic carbocycles. The van der Waals surface area contributed by atoms with Crippen LogP contribution in [0.5, 0.6) is 0 Å². The van der Waals surface area contributed by atoms with Gasteiger partial charge in [-0.15, -0.1) is 12.4 Å². The number of ether oxygens (including phenoxy) is 2. The van der Waals surface area contributed by atoms with E-state index in [1.54, 1.807) is 7.11 Å². The van der Waals surface area contributed by atoms with Gasteiger partial charge in [0.15, 0.2) is 0 Å². The lowest BCUT2D eigenvalue weighted by atomic mass is 10.0. The van der Waals surface area contributed by atoms with Crippen molar-refractivity contribution in [3.8, 4) is 0 Å². The zero-order valence-corrected chi connectivity index (χ0v) is 10.5. The van der Waals surface area contributed by atoms with Crippen LogP contribution < -0.4 is 10.6 Å². The van der Waals surface area contributed by atoms with Crippen molar-refractivity contribution in [2.45, 2.75) is 6.42 Å². The quantitative estimate of drug-likeness (QED) is 0.588. The van der Waals surface area contributed by atoms with Gasteiger partial charge in [-0.25, -0.2) is 0 Å². The van der Waals surface area contributed by atoms with Gasteiger partial charge >= 0.3 is 0 Å². The van der Waals surface area contributed by atoms with Gasteiger partial charge in [0, 0.05) is 33.4 Å². The third kappa shape index (κ3) is 6.27. The number of rotatable bonds is 8. The minimum absolute atomic E-state index is 0. The molecule has 0 aromatic rings. The molecule has 1 aliphatic rings. The molecule has 96 valence electrons. The van der Waals surface area contributed by atoms with Gasteiger partial charge in [-0.05, 0) is 6.42 Å². The van der Waals surface area contributed by atoms with Crippen molar-refractivity contribution < 1.29 is 14.3 Å². The molecule has 0 aromatic heterocycles. The Morgan fingerprint density at radius 2 is 2.12 bits per heavy atom. The second kappa shape index (κ2) is 9.84.